The number of pyridine rings is 1. The SMILES string of the molecule is COC(=O)c1cc(C)cc2cccnc12. The van der Waals surface area contributed by atoms with E-state index in [-0.39, 0.29) is 5.97 Å². The Hall–Kier alpha value is -1.90. The average Bonchev–Trinajstić information content (AvgIpc) is 2.26. The Morgan fingerprint density at radius 2 is 2.20 bits per heavy atom. The molecule has 0 amide bonds. The first kappa shape index (κ1) is 9.65. The minimum Gasteiger partial charge on any atom is -0.465 e. The van der Waals surface area contributed by atoms with Crippen molar-refractivity contribution in [3.05, 3.63) is 41.6 Å². The third kappa shape index (κ3) is 1.68. The molecule has 0 atom stereocenters. The van der Waals surface area contributed by atoms with Crippen LogP contribution in [0.15, 0.2) is 30.5 Å². The topological polar surface area (TPSA) is 39.2 Å². The molecule has 0 N–H and O–H groups in total. The van der Waals surface area contributed by atoms with Gasteiger partial charge < -0.3 is 4.74 Å². The number of aromatic nitrogens is 1. The van der Waals surface area contributed by atoms with Crippen molar-refractivity contribution in [2.75, 3.05) is 7.11 Å². The van der Waals surface area contributed by atoms with Crippen LogP contribution in [0.4, 0.5) is 0 Å². The number of rotatable bonds is 1. The molecular weight excluding hydrogens is 190 g/mol. The normalized spacial score (nSPS) is 10.3. The van der Waals surface area contributed by atoms with Crippen LogP contribution in [0.25, 0.3) is 10.9 Å². The van der Waals surface area contributed by atoms with E-state index in [4.69, 9.17) is 4.74 Å². The number of benzene rings is 1. The maximum Gasteiger partial charge on any atom is 0.340 e. The minimum atomic E-state index is -0.345. The van der Waals surface area contributed by atoms with E-state index >= 15 is 0 Å². The molecule has 0 aliphatic carbocycles. The van der Waals surface area contributed by atoms with Gasteiger partial charge in [-0.2, -0.15) is 0 Å². The summed E-state index contributed by atoms with van der Waals surface area (Å²) in [4.78, 5) is 15.7. The smallest absolute Gasteiger partial charge is 0.340 e. The fourth-order valence-corrected chi connectivity index (χ4v) is 1.61. The predicted octanol–water partition coefficient (Wildman–Crippen LogP) is 2.33. The number of carbonyl (C=O) groups is 1. The summed E-state index contributed by atoms with van der Waals surface area (Å²) in [5.41, 5.74) is 2.24. The van der Waals surface area contributed by atoms with Crippen molar-refractivity contribution in [2.45, 2.75) is 6.92 Å². The molecule has 1 aromatic heterocycles. The quantitative estimate of drug-likeness (QED) is 0.665. The van der Waals surface area contributed by atoms with Crippen LogP contribution in [0.5, 0.6) is 0 Å². The number of hydrogen-bond acceptors (Lipinski definition) is 3. The van der Waals surface area contributed by atoms with E-state index < -0.39 is 0 Å². The zero-order valence-electron chi connectivity index (χ0n) is 8.65. The second-order valence-electron chi connectivity index (χ2n) is 3.38. The summed E-state index contributed by atoms with van der Waals surface area (Å²) >= 11 is 0. The first-order valence-corrected chi connectivity index (χ1v) is 4.66. The number of methoxy groups -OCH3 is 1. The van der Waals surface area contributed by atoms with E-state index in [0.717, 1.165) is 10.9 Å². The summed E-state index contributed by atoms with van der Waals surface area (Å²) in [5.74, 6) is -0.345. The van der Waals surface area contributed by atoms with Gasteiger partial charge in [-0.3, -0.25) is 4.98 Å². The lowest BCUT2D eigenvalue weighted by Gasteiger charge is -2.05. The molecule has 0 fully saturated rings. The van der Waals surface area contributed by atoms with Crippen molar-refractivity contribution in [3.8, 4) is 0 Å². The van der Waals surface area contributed by atoms with Gasteiger partial charge in [-0.25, -0.2) is 4.79 Å². The van der Waals surface area contributed by atoms with E-state index in [9.17, 15) is 4.79 Å². The zero-order chi connectivity index (χ0) is 10.8. The number of carbonyl (C=O) groups excluding carboxylic acids is 1. The molecule has 3 nitrogen and oxygen atoms in total. The molecule has 0 saturated carbocycles. The Balaban J connectivity index is 2.76. The van der Waals surface area contributed by atoms with Crippen LogP contribution >= 0.6 is 0 Å². The summed E-state index contributed by atoms with van der Waals surface area (Å²) in [6.07, 6.45) is 1.67. The highest BCUT2D eigenvalue weighted by Crippen LogP contribution is 2.19. The molecule has 0 bridgehead atoms. The first-order chi connectivity index (χ1) is 7.22. The molecule has 0 saturated heterocycles. The standard InChI is InChI=1S/C12H11NO2/c1-8-6-9-4-3-5-13-11(9)10(7-8)12(14)15-2/h3-7H,1-2H3. The molecule has 3 heteroatoms. The average molecular weight is 201 g/mol. The summed E-state index contributed by atoms with van der Waals surface area (Å²) in [6, 6.07) is 7.57. The Morgan fingerprint density at radius 1 is 1.40 bits per heavy atom. The molecule has 15 heavy (non-hydrogen) atoms. The van der Waals surface area contributed by atoms with E-state index in [1.165, 1.54) is 7.11 Å². The fraction of sp³-hybridized carbons (Fsp3) is 0.167. The molecular formula is C12H11NO2. The number of nitrogens with zero attached hydrogens (tertiary/aromatic N) is 1. The molecule has 0 aliphatic heterocycles. The molecule has 76 valence electrons. The number of esters is 1. The van der Waals surface area contributed by atoms with Crippen molar-refractivity contribution >= 4 is 16.9 Å². The number of fused-ring (bicyclic) bond motifs is 1. The predicted molar refractivity (Wildman–Crippen MR) is 57.8 cm³/mol. The van der Waals surface area contributed by atoms with Crippen molar-refractivity contribution in [2.24, 2.45) is 0 Å². The lowest BCUT2D eigenvalue weighted by molar-refractivity contribution is 0.0602. The minimum absolute atomic E-state index is 0.345. The van der Waals surface area contributed by atoms with Gasteiger partial charge in [0.25, 0.3) is 0 Å². The van der Waals surface area contributed by atoms with Crippen molar-refractivity contribution in [1.29, 1.82) is 0 Å². The van der Waals surface area contributed by atoms with Crippen LogP contribution in [0.1, 0.15) is 15.9 Å². The van der Waals surface area contributed by atoms with Crippen LogP contribution < -0.4 is 0 Å². The van der Waals surface area contributed by atoms with Crippen molar-refractivity contribution in [1.82, 2.24) is 4.98 Å². The monoisotopic (exact) mass is 201 g/mol. The molecule has 2 aromatic rings. The number of aryl methyl sites for hydroxylation is 1. The van der Waals surface area contributed by atoms with Gasteiger partial charge in [0.05, 0.1) is 18.2 Å². The summed E-state index contributed by atoms with van der Waals surface area (Å²) < 4.78 is 4.72. The second kappa shape index (κ2) is 3.69. The van der Waals surface area contributed by atoms with Gasteiger partial charge in [-0.1, -0.05) is 6.07 Å². The maximum atomic E-state index is 11.5. The summed E-state index contributed by atoms with van der Waals surface area (Å²) in [7, 11) is 1.37. The van der Waals surface area contributed by atoms with Crippen LogP contribution in [-0.2, 0) is 4.74 Å². The third-order valence-corrected chi connectivity index (χ3v) is 2.25. The van der Waals surface area contributed by atoms with Gasteiger partial charge in [0.15, 0.2) is 0 Å². The fourth-order valence-electron chi connectivity index (χ4n) is 1.61. The molecule has 0 radical (unpaired) electrons. The molecule has 1 aromatic carbocycles. The Bertz CT molecular complexity index is 520. The van der Waals surface area contributed by atoms with Gasteiger partial charge in [0.2, 0.25) is 0 Å². The summed E-state index contributed by atoms with van der Waals surface area (Å²) in [6.45, 7) is 1.94. The van der Waals surface area contributed by atoms with Crippen molar-refractivity contribution < 1.29 is 9.53 Å². The first-order valence-electron chi connectivity index (χ1n) is 4.66. The zero-order valence-corrected chi connectivity index (χ0v) is 8.65. The lowest BCUT2D eigenvalue weighted by Crippen LogP contribution is -2.03. The van der Waals surface area contributed by atoms with E-state index in [1.807, 2.05) is 25.1 Å². The third-order valence-electron chi connectivity index (χ3n) is 2.25. The largest absolute Gasteiger partial charge is 0.465 e. The summed E-state index contributed by atoms with van der Waals surface area (Å²) in [5, 5.41) is 0.956. The van der Waals surface area contributed by atoms with Crippen LogP contribution in [0.2, 0.25) is 0 Å². The van der Waals surface area contributed by atoms with E-state index in [1.54, 1.807) is 12.3 Å². The Morgan fingerprint density at radius 3 is 2.93 bits per heavy atom. The van der Waals surface area contributed by atoms with Gasteiger partial charge in [0.1, 0.15) is 0 Å². The van der Waals surface area contributed by atoms with Crippen molar-refractivity contribution in [3.63, 3.8) is 0 Å². The molecule has 0 aliphatic rings. The molecule has 0 spiro atoms. The Kier molecular flexibility index (Phi) is 2.37. The van der Waals surface area contributed by atoms with E-state index in [0.29, 0.717) is 11.1 Å². The highest BCUT2D eigenvalue weighted by Gasteiger charge is 2.11. The number of ether oxygens (including phenoxy) is 1. The van der Waals surface area contributed by atoms with Crippen LogP contribution in [-0.4, -0.2) is 18.1 Å². The van der Waals surface area contributed by atoms with Crippen LogP contribution in [0.3, 0.4) is 0 Å². The highest BCUT2D eigenvalue weighted by molar-refractivity contribution is 6.02. The Labute approximate surface area is 87.7 Å². The lowest BCUT2D eigenvalue weighted by atomic mass is 10.1. The van der Waals surface area contributed by atoms with Gasteiger partial charge in [-0.05, 0) is 30.7 Å². The highest BCUT2D eigenvalue weighted by atomic mass is 16.5. The number of hydrogen-bond donors (Lipinski definition) is 0. The maximum absolute atomic E-state index is 11.5. The van der Waals surface area contributed by atoms with Gasteiger partial charge >= 0.3 is 5.97 Å². The van der Waals surface area contributed by atoms with Crippen LogP contribution in [0, 0.1) is 6.92 Å². The molecule has 1 heterocycles. The molecule has 0 unspecified atom stereocenters. The second-order valence-corrected chi connectivity index (χ2v) is 3.38. The van der Waals surface area contributed by atoms with Gasteiger partial charge in [-0.15, -0.1) is 0 Å². The van der Waals surface area contributed by atoms with E-state index in [2.05, 4.69) is 4.98 Å². The molecule has 2 rings (SSSR count). The van der Waals surface area contributed by atoms with Gasteiger partial charge in [0, 0.05) is 11.6 Å².